The maximum atomic E-state index is 11.7. The zero-order valence-electron chi connectivity index (χ0n) is 7.07. The Hall–Kier alpha value is -0.520. The number of halogens is 1. The van der Waals surface area contributed by atoms with Gasteiger partial charge in [-0.25, -0.2) is 0 Å². The number of ketones is 1. The molecule has 0 radical (unpaired) electrons. The van der Waals surface area contributed by atoms with E-state index in [1.165, 1.54) is 22.7 Å². The zero-order chi connectivity index (χ0) is 9.97. The smallest absolute Gasteiger partial charge is 0.178 e. The molecule has 0 N–H and O–H groups in total. The molecule has 0 saturated carbocycles. The van der Waals surface area contributed by atoms with E-state index in [4.69, 9.17) is 0 Å². The third-order valence-electron chi connectivity index (χ3n) is 1.67. The monoisotopic (exact) mass is 287 g/mol. The predicted octanol–water partition coefficient (Wildman–Crippen LogP) is 3.39. The molecule has 0 aromatic carbocycles. The molecule has 0 aliphatic rings. The summed E-state index contributed by atoms with van der Waals surface area (Å²) in [6, 6.07) is 3.74. The number of carbonyl (C=O) groups is 1. The quantitative estimate of drug-likeness (QED) is 0.810. The van der Waals surface area contributed by atoms with Gasteiger partial charge in [0.2, 0.25) is 0 Å². The fourth-order valence-corrected chi connectivity index (χ4v) is 2.96. The Morgan fingerprint density at radius 3 is 2.93 bits per heavy atom. The first-order valence-electron chi connectivity index (χ1n) is 3.91. The van der Waals surface area contributed by atoms with E-state index in [1.54, 1.807) is 11.7 Å². The van der Waals surface area contributed by atoms with Crippen LogP contribution in [-0.2, 0) is 6.42 Å². The summed E-state index contributed by atoms with van der Waals surface area (Å²) >= 11 is 6.32. The van der Waals surface area contributed by atoms with E-state index < -0.39 is 0 Å². The minimum Gasteiger partial charge on any atom is -0.293 e. The summed E-state index contributed by atoms with van der Waals surface area (Å²) in [5.41, 5.74) is 1.74. The van der Waals surface area contributed by atoms with Gasteiger partial charge in [0, 0.05) is 17.5 Å². The van der Waals surface area contributed by atoms with Crippen molar-refractivity contribution in [2.45, 2.75) is 6.42 Å². The van der Waals surface area contributed by atoms with Crippen LogP contribution in [-0.4, -0.2) is 10.8 Å². The van der Waals surface area contributed by atoms with Gasteiger partial charge in [-0.15, -0.1) is 22.7 Å². The number of nitrogens with zero attached hydrogens (tertiary/aromatic N) is 1. The molecule has 2 aromatic rings. The molecule has 72 valence electrons. The molecule has 0 saturated heterocycles. The topological polar surface area (TPSA) is 30.0 Å². The van der Waals surface area contributed by atoms with Gasteiger partial charge in [-0.3, -0.25) is 9.78 Å². The number of thiophene rings is 1. The van der Waals surface area contributed by atoms with Gasteiger partial charge in [0.25, 0.3) is 0 Å². The van der Waals surface area contributed by atoms with E-state index in [-0.39, 0.29) is 5.78 Å². The lowest BCUT2D eigenvalue weighted by Gasteiger charge is -1.92. The van der Waals surface area contributed by atoms with Crippen LogP contribution in [0.2, 0.25) is 0 Å². The molecule has 0 fully saturated rings. The molecule has 14 heavy (non-hydrogen) atoms. The molecular formula is C9H6BrNOS2. The molecular weight excluding hydrogens is 282 g/mol. The predicted molar refractivity (Wildman–Crippen MR) is 62.2 cm³/mol. The number of hydrogen-bond acceptors (Lipinski definition) is 4. The second kappa shape index (κ2) is 4.33. The first kappa shape index (κ1) is 10.0. The maximum Gasteiger partial charge on any atom is 0.178 e. The second-order valence-electron chi connectivity index (χ2n) is 2.67. The standard InChI is InChI=1S/C9H6BrNOS2/c10-9-2-1-8(14-9)7(12)3-6-4-11-5-13-6/h1-2,4-5H,3H2. The number of aromatic nitrogens is 1. The van der Waals surface area contributed by atoms with Crippen molar-refractivity contribution in [3.8, 4) is 0 Å². The first-order valence-corrected chi connectivity index (χ1v) is 6.40. The van der Waals surface area contributed by atoms with Crippen LogP contribution in [0.5, 0.6) is 0 Å². The lowest BCUT2D eigenvalue weighted by Crippen LogP contribution is -1.98. The minimum atomic E-state index is 0.157. The lowest BCUT2D eigenvalue weighted by molar-refractivity contribution is 0.0997. The molecule has 0 spiro atoms. The molecule has 0 unspecified atom stereocenters. The normalized spacial score (nSPS) is 10.4. The van der Waals surface area contributed by atoms with Crippen LogP contribution in [0, 0.1) is 0 Å². The van der Waals surface area contributed by atoms with Gasteiger partial charge in [0.15, 0.2) is 5.78 Å². The molecule has 0 aliphatic heterocycles. The number of hydrogen-bond donors (Lipinski definition) is 0. The Balaban J connectivity index is 2.10. The summed E-state index contributed by atoms with van der Waals surface area (Å²) in [5.74, 6) is 0.157. The van der Waals surface area contributed by atoms with Crippen LogP contribution in [0.3, 0.4) is 0 Å². The first-order chi connectivity index (χ1) is 6.75. The zero-order valence-corrected chi connectivity index (χ0v) is 10.3. The van der Waals surface area contributed by atoms with Gasteiger partial charge in [-0.2, -0.15) is 0 Å². The van der Waals surface area contributed by atoms with Crippen molar-refractivity contribution in [1.29, 1.82) is 0 Å². The van der Waals surface area contributed by atoms with Gasteiger partial charge in [-0.1, -0.05) is 0 Å². The van der Waals surface area contributed by atoms with Gasteiger partial charge in [0.1, 0.15) is 0 Å². The van der Waals surface area contributed by atoms with Crippen LogP contribution >= 0.6 is 38.6 Å². The Kier molecular flexibility index (Phi) is 3.10. The summed E-state index contributed by atoms with van der Waals surface area (Å²) in [5, 5.41) is 0. The highest BCUT2D eigenvalue weighted by Gasteiger charge is 2.10. The lowest BCUT2D eigenvalue weighted by atomic mass is 10.2. The van der Waals surface area contributed by atoms with Crippen molar-refractivity contribution in [2.75, 3.05) is 0 Å². The molecule has 0 bridgehead atoms. The van der Waals surface area contributed by atoms with E-state index in [0.717, 1.165) is 13.5 Å². The van der Waals surface area contributed by atoms with Crippen LogP contribution < -0.4 is 0 Å². The average Bonchev–Trinajstić information content (AvgIpc) is 2.75. The Labute approximate surface area is 97.7 Å². The summed E-state index contributed by atoms with van der Waals surface area (Å²) in [6.45, 7) is 0. The Bertz CT molecular complexity index is 435. The van der Waals surface area contributed by atoms with E-state index in [9.17, 15) is 4.79 Å². The SMILES string of the molecule is O=C(Cc1cncs1)c1ccc(Br)s1. The van der Waals surface area contributed by atoms with Gasteiger partial charge >= 0.3 is 0 Å². The number of thiazole rings is 1. The molecule has 2 nitrogen and oxygen atoms in total. The van der Waals surface area contributed by atoms with Crippen LogP contribution in [0.1, 0.15) is 14.5 Å². The van der Waals surface area contributed by atoms with Gasteiger partial charge < -0.3 is 0 Å². The minimum absolute atomic E-state index is 0.157. The van der Waals surface area contributed by atoms with Crippen molar-refractivity contribution in [3.63, 3.8) is 0 Å². The molecule has 2 heterocycles. The van der Waals surface area contributed by atoms with Gasteiger partial charge in [-0.05, 0) is 28.1 Å². The largest absolute Gasteiger partial charge is 0.293 e. The fourth-order valence-electron chi connectivity index (χ4n) is 1.04. The van der Waals surface area contributed by atoms with Crippen molar-refractivity contribution in [2.24, 2.45) is 0 Å². The highest BCUT2D eigenvalue weighted by molar-refractivity contribution is 9.11. The molecule has 0 aliphatic carbocycles. The van der Waals surface area contributed by atoms with Crippen molar-refractivity contribution < 1.29 is 4.79 Å². The fraction of sp³-hybridized carbons (Fsp3) is 0.111. The highest BCUT2D eigenvalue weighted by Crippen LogP contribution is 2.23. The third kappa shape index (κ3) is 2.29. The molecule has 2 rings (SSSR count). The van der Waals surface area contributed by atoms with Crippen molar-refractivity contribution >= 4 is 44.4 Å². The molecule has 5 heteroatoms. The summed E-state index contributed by atoms with van der Waals surface area (Å²) in [4.78, 5) is 17.4. The summed E-state index contributed by atoms with van der Waals surface area (Å²) in [7, 11) is 0. The van der Waals surface area contributed by atoms with E-state index in [1.807, 2.05) is 12.1 Å². The molecule has 2 aromatic heterocycles. The van der Waals surface area contributed by atoms with Crippen molar-refractivity contribution in [1.82, 2.24) is 4.98 Å². The van der Waals surface area contributed by atoms with E-state index in [2.05, 4.69) is 20.9 Å². The van der Waals surface area contributed by atoms with Crippen LogP contribution in [0.15, 0.2) is 27.6 Å². The Morgan fingerprint density at radius 1 is 1.50 bits per heavy atom. The average molecular weight is 288 g/mol. The number of carbonyl (C=O) groups excluding carboxylic acids is 1. The summed E-state index contributed by atoms with van der Waals surface area (Å²) in [6.07, 6.45) is 2.20. The van der Waals surface area contributed by atoms with Crippen molar-refractivity contribution in [3.05, 3.63) is 37.4 Å². The summed E-state index contributed by atoms with van der Waals surface area (Å²) < 4.78 is 0.991. The Morgan fingerprint density at radius 2 is 2.36 bits per heavy atom. The number of rotatable bonds is 3. The molecule has 0 atom stereocenters. The second-order valence-corrected chi connectivity index (χ2v) is 6.11. The number of Topliss-reactive ketones (excluding diaryl/α,β-unsaturated/α-hetero) is 1. The highest BCUT2D eigenvalue weighted by atomic mass is 79.9. The maximum absolute atomic E-state index is 11.7. The molecule has 0 amide bonds. The third-order valence-corrected chi connectivity index (χ3v) is 4.11. The van der Waals surface area contributed by atoms with Crippen LogP contribution in [0.4, 0.5) is 0 Å². The van der Waals surface area contributed by atoms with Crippen LogP contribution in [0.25, 0.3) is 0 Å². The van der Waals surface area contributed by atoms with E-state index in [0.29, 0.717) is 6.42 Å². The van der Waals surface area contributed by atoms with E-state index >= 15 is 0 Å². The van der Waals surface area contributed by atoms with Gasteiger partial charge in [0.05, 0.1) is 14.2 Å².